The molecule has 25 heavy (non-hydrogen) atoms. The molecule has 0 aliphatic rings. The summed E-state index contributed by atoms with van der Waals surface area (Å²) in [5.74, 6) is 0. The second-order valence-corrected chi connectivity index (χ2v) is 7.69. The highest BCUT2D eigenvalue weighted by molar-refractivity contribution is 7.15. The van der Waals surface area contributed by atoms with Crippen LogP contribution in [-0.2, 0) is 6.42 Å². The molecule has 0 N–H and O–H groups in total. The maximum Gasteiger partial charge on any atom is 0.0408 e. The van der Waals surface area contributed by atoms with Crippen LogP contribution in [-0.4, -0.2) is 7.05 Å². The standard InChI is InChI=1S/C23H27NS/c1-3-4-5-9-12-22-17-18-23(25-22)19-13-15-21(16-14-19)24(2)20-10-7-6-8-11-20/h6-8,10-11,13-18H,3-5,9,12H2,1-2H3. The van der Waals surface area contributed by atoms with Crippen LogP contribution in [0.2, 0.25) is 0 Å². The van der Waals surface area contributed by atoms with Gasteiger partial charge in [-0.25, -0.2) is 0 Å². The van der Waals surface area contributed by atoms with Crippen LogP contribution in [0.15, 0.2) is 66.7 Å². The van der Waals surface area contributed by atoms with Crippen LogP contribution in [0.4, 0.5) is 11.4 Å². The molecule has 0 aliphatic heterocycles. The summed E-state index contributed by atoms with van der Waals surface area (Å²) in [5, 5.41) is 0. The zero-order valence-corrected chi connectivity index (χ0v) is 16.1. The Bertz CT molecular complexity index is 758. The first-order chi connectivity index (χ1) is 12.3. The highest BCUT2D eigenvalue weighted by atomic mass is 32.1. The van der Waals surface area contributed by atoms with Crippen molar-refractivity contribution in [3.63, 3.8) is 0 Å². The summed E-state index contributed by atoms with van der Waals surface area (Å²) in [6.45, 7) is 2.27. The molecule has 0 radical (unpaired) electrons. The van der Waals surface area contributed by atoms with Crippen molar-refractivity contribution in [1.82, 2.24) is 0 Å². The van der Waals surface area contributed by atoms with Gasteiger partial charge < -0.3 is 4.90 Å². The monoisotopic (exact) mass is 349 g/mol. The summed E-state index contributed by atoms with van der Waals surface area (Å²) in [4.78, 5) is 5.10. The van der Waals surface area contributed by atoms with Gasteiger partial charge in [-0.1, -0.05) is 56.5 Å². The van der Waals surface area contributed by atoms with E-state index in [2.05, 4.69) is 85.6 Å². The Kier molecular flexibility index (Phi) is 6.30. The van der Waals surface area contributed by atoms with Crippen molar-refractivity contribution in [1.29, 1.82) is 0 Å². The van der Waals surface area contributed by atoms with E-state index < -0.39 is 0 Å². The minimum absolute atomic E-state index is 1.21. The fourth-order valence-corrected chi connectivity index (χ4v) is 4.10. The predicted octanol–water partition coefficient (Wildman–Crippen LogP) is 7.31. The number of benzene rings is 2. The third kappa shape index (κ3) is 4.73. The van der Waals surface area contributed by atoms with Crippen molar-refractivity contribution in [2.45, 2.75) is 39.0 Å². The van der Waals surface area contributed by atoms with Gasteiger partial charge in [0.2, 0.25) is 0 Å². The van der Waals surface area contributed by atoms with Crippen LogP contribution < -0.4 is 4.90 Å². The van der Waals surface area contributed by atoms with E-state index in [-0.39, 0.29) is 0 Å². The minimum atomic E-state index is 1.21. The van der Waals surface area contributed by atoms with Gasteiger partial charge in [0.05, 0.1) is 0 Å². The second-order valence-electron chi connectivity index (χ2n) is 6.52. The largest absolute Gasteiger partial charge is 0.345 e. The van der Waals surface area contributed by atoms with E-state index in [0.29, 0.717) is 0 Å². The van der Waals surface area contributed by atoms with Gasteiger partial charge in [0, 0.05) is 28.2 Å². The minimum Gasteiger partial charge on any atom is -0.345 e. The first-order valence-corrected chi connectivity index (χ1v) is 10.1. The molecule has 0 saturated carbocycles. The first kappa shape index (κ1) is 17.8. The van der Waals surface area contributed by atoms with E-state index in [9.17, 15) is 0 Å². The molecule has 0 saturated heterocycles. The van der Waals surface area contributed by atoms with Crippen LogP contribution in [0.5, 0.6) is 0 Å². The summed E-state index contributed by atoms with van der Waals surface area (Å²) < 4.78 is 0. The topological polar surface area (TPSA) is 3.24 Å². The highest BCUT2D eigenvalue weighted by Gasteiger charge is 2.06. The number of hydrogen-bond acceptors (Lipinski definition) is 2. The molecule has 0 spiro atoms. The van der Waals surface area contributed by atoms with Crippen molar-refractivity contribution < 1.29 is 0 Å². The summed E-state index contributed by atoms with van der Waals surface area (Å²) >= 11 is 1.94. The molecule has 0 amide bonds. The van der Waals surface area contributed by atoms with Crippen LogP contribution in [0.3, 0.4) is 0 Å². The van der Waals surface area contributed by atoms with Crippen LogP contribution in [0.25, 0.3) is 10.4 Å². The molecule has 3 rings (SSSR count). The van der Waals surface area contributed by atoms with E-state index in [1.54, 1.807) is 0 Å². The molecule has 130 valence electrons. The lowest BCUT2D eigenvalue weighted by molar-refractivity contribution is 0.670. The van der Waals surface area contributed by atoms with Crippen LogP contribution in [0, 0.1) is 0 Å². The van der Waals surface area contributed by atoms with E-state index >= 15 is 0 Å². The second kappa shape index (κ2) is 8.87. The fraction of sp³-hybridized carbons (Fsp3) is 0.304. The van der Waals surface area contributed by atoms with E-state index in [1.165, 1.54) is 58.8 Å². The molecular weight excluding hydrogens is 322 g/mol. The molecule has 3 aromatic rings. The zero-order valence-electron chi connectivity index (χ0n) is 15.2. The molecule has 2 heteroatoms. The average Bonchev–Trinajstić information content (AvgIpc) is 3.14. The Hall–Kier alpha value is -2.06. The fourth-order valence-electron chi connectivity index (χ4n) is 3.04. The molecule has 0 bridgehead atoms. The molecule has 0 fully saturated rings. The SMILES string of the molecule is CCCCCCc1ccc(-c2ccc(N(C)c3ccccc3)cc2)s1. The Morgan fingerprint density at radius 3 is 2.20 bits per heavy atom. The maximum atomic E-state index is 2.30. The number of rotatable bonds is 8. The van der Waals surface area contributed by atoms with Crippen LogP contribution in [0.1, 0.15) is 37.5 Å². The Labute approximate surface area is 156 Å². The quantitative estimate of drug-likeness (QED) is 0.385. The lowest BCUT2D eigenvalue weighted by Gasteiger charge is -2.19. The number of anilines is 2. The molecule has 1 nitrogen and oxygen atoms in total. The zero-order chi connectivity index (χ0) is 17.5. The summed E-state index contributed by atoms with van der Waals surface area (Å²) in [6.07, 6.45) is 6.55. The molecule has 0 atom stereocenters. The number of para-hydroxylation sites is 1. The number of aryl methyl sites for hydroxylation is 1. The Morgan fingerprint density at radius 1 is 0.760 bits per heavy atom. The molecular formula is C23H27NS. The summed E-state index contributed by atoms with van der Waals surface area (Å²) in [7, 11) is 2.11. The van der Waals surface area contributed by atoms with Gasteiger partial charge in [0.25, 0.3) is 0 Å². The molecule has 1 heterocycles. The average molecular weight is 350 g/mol. The van der Waals surface area contributed by atoms with Gasteiger partial charge in [-0.05, 0) is 54.8 Å². The first-order valence-electron chi connectivity index (χ1n) is 9.26. The van der Waals surface area contributed by atoms with Crippen molar-refractivity contribution in [3.8, 4) is 10.4 Å². The van der Waals surface area contributed by atoms with Crippen molar-refractivity contribution in [3.05, 3.63) is 71.6 Å². The van der Waals surface area contributed by atoms with Crippen LogP contribution >= 0.6 is 11.3 Å². The third-order valence-corrected chi connectivity index (χ3v) is 5.82. The number of nitrogens with zero attached hydrogens (tertiary/aromatic N) is 1. The number of unbranched alkanes of at least 4 members (excludes halogenated alkanes) is 3. The Morgan fingerprint density at radius 2 is 1.48 bits per heavy atom. The van der Waals surface area contributed by atoms with Gasteiger partial charge in [-0.2, -0.15) is 0 Å². The molecule has 0 unspecified atom stereocenters. The van der Waals surface area contributed by atoms with Gasteiger partial charge in [-0.3, -0.25) is 0 Å². The lowest BCUT2D eigenvalue weighted by atomic mass is 10.1. The van der Waals surface area contributed by atoms with Gasteiger partial charge in [0.1, 0.15) is 0 Å². The lowest BCUT2D eigenvalue weighted by Crippen LogP contribution is -2.08. The van der Waals surface area contributed by atoms with Crippen molar-refractivity contribution in [2.24, 2.45) is 0 Å². The maximum absolute atomic E-state index is 2.30. The van der Waals surface area contributed by atoms with Gasteiger partial charge in [-0.15, -0.1) is 11.3 Å². The predicted molar refractivity (Wildman–Crippen MR) is 112 cm³/mol. The van der Waals surface area contributed by atoms with E-state index in [0.717, 1.165) is 0 Å². The van der Waals surface area contributed by atoms with Crippen molar-refractivity contribution >= 4 is 22.7 Å². The smallest absolute Gasteiger partial charge is 0.0408 e. The van der Waals surface area contributed by atoms with E-state index in [1.807, 2.05) is 11.3 Å². The summed E-state index contributed by atoms with van der Waals surface area (Å²) in [6, 6.07) is 24.0. The summed E-state index contributed by atoms with van der Waals surface area (Å²) in [5.41, 5.74) is 3.74. The molecule has 1 aromatic heterocycles. The van der Waals surface area contributed by atoms with E-state index in [4.69, 9.17) is 0 Å². The van der Waals surface area contributed by atoms with Gasteiger partial charge >= 0.3 is 0 Å². The number of thiophene rings is 1. The van der Waals surface area contributed by atoms with Gasteiger partial charge in [0.15, 0.2) is 0 Å². The highest BCUT2D eigenvalue weighted by Crippen LogP contribution is 2.31. The third-order valence-electron chi connectivity index (χ3n) is 4.62. The Balaban J connectivity index is 1.65. The normalized spacial score (nSPS) is 10.8. The van der Waals surface area contributed by atoms with Crippen molar-refractivity contribution in [2.75, 3.05) is 11.9 Å². The number of hydrogen-bond donors (Lipinski definition) is 0. The molecule has 0 aliphatic carbocycles. The molecule has 2 aromatic carbocycles.